The van der Waals surface area contributed by atoms with Gasteiger partial charge in [-0.2, -0.15) is 13.2 Å². The molecule has 3 rings (SSSR count). The van der Waals surface area contributed by atoms with Crippen LogP contribution in [-0.2, 0) is 6.18 Å². The number of aromatic nitrogens is 3. The molecular weight excluding hydrogens is 335 g/mol. The number of amides is 2. The number of halogens is 3. The molecule has 9 heteroatoms. The Labute approximate surface area is 140 Å². The van der Waals surface area contributed by atoms with Crippen molar-refractivity contribution in [3.05, 3.63) is 66.9 Å². The minimum Gasteiger partial charge on any atom is -0.307 e. The van der Waals surface area contributed by atoms with Crippen LogP contribution in [0.3, 0.4) is 0 Å². The van der Waals surface area contributed by atoms with Gasteiger partial charge in [0, 0.05) is 12.4 Å². The van der Waals surface area contributed by atoms with Crippen molar-refractivity contribution >= 4 is 17.4 Å². The number of para-hydroxylation sites is 1. The van der Waals surface area contributed by atoms with Crippen LogP contribution in [0.1, 0.15) is 5.56 Å². The van der Waals surface area contributed by atoms with Crippen molar-refractivity contribution in [3.63, 3.8) is 0 Å². The number of nitrogens with one attached hydrogen (secondary N) is 2. The van der Waals surface area contributed by atoms with E-state index in [4.69, 9.17) is 0 Å². The molecule has 0 saturated carbocycles. The number of nitrogens with zero attached hydrogens (tertiary/aromatic N) is 3. The largest absolute Gasteiger partial charge is 0.418 e. The second-order valence-corrected chi connectivity index (χ2v) is 5.00. The van der Waals surface area contributed by atoms with Crippen LogP contribution in [0.15, 0.2) is 61.3 Å². The van der Waals surface area contributed by atoms with Gasteiger partial charge in [-0.05, 0) is 24.3 Å². The van der Waals surface area contributed by atoms with Gasteiger partial charge in [0.2, 0.25) is 0 Å². The highest BCUT2D eigenvalue weighted by atomic mass is 19.4. The second-order valence-electron chi connectivity index (χ2n) is 5.00. The van der Waals surface area contributed by atoms with Crippen molar-refractivity contribution in [2.45, 2.75) is 6.18 Å². The Morgan fingerprint density at radius 3 is 2.52 bits per heavy atom. The SMILES string of the molecule is O=C(Nc1ccc(-n2ccnc2)nc1)Nc1ccccc1C(F)(F)F. The van der Waals surface area contributed by atoms with E-state index in [0.717, 1.165) is 6.07 Å². The fraction of sp³-hybridized carbons (Fsp3) is 0.0625. The van der Waals surface area contributed by atoms with Crippen LogP contribution in [0.5, 0.6) is 0 Å². The van der Waals surface area contributed by atoms with Crippen molar-refractivity contribution in [2.24, 2.45) is 0 Å². The van der Waals surface area contributed by atoms with Crippen molar-refractivity contribution < 1.29 is 18.0 Å². The Bertz CT molecular complexity index is 860. The number of hydrogen-bond acceptors (Lipinski definition) is 3. The van der Waals surface area contributed by atoms with Gasteiger partial charge in [0.25, 0.3) is 0 Å². The summed E-state index contributed by atoms with van der Waals surface area (Å²) in [7, 11) is 0. The van der Waals surface area contributed by atoms with E-state index in [1.54, 1.807) is 35.4 Å². The fourth-order valence-electron chi connectivity index (χ4n) is 2.13. The molecule has 3 aromatic rings. The molecule has 2 amide bonds. The molecule has 1 aromatic carbocycles. The lowest BCUT2D eigenvalue weighted by atomic mass is 10.1. The molecule has 0 bridgehead atoms. The Morgan fingerprint density at radius 1 is 1.08 bits per heavy atom. The molecule has 2 aromatic heterocycles. The molecule has 0 aliphatic carbocycles. The molecule has 2 heterocycles. The van der Waals surface area contributed by atoms with Crippen LogP contribution in [0.4, 0.5) is 29.3 Å². The molecule has 0 unspecified atom stereocenters. The zero-order valence-corrected chi connectivity index (χ0v) is 12.7. The quantitative estimate of drug-likeness (QED) is 0.754. The van der Waals surface area contributed by atoms with Crippen molar-refractivity contribution in [3.8, 4) is 5.82 Å². The van der Waals surface area contributed by atoms with Gasteiger partial charge in [0.1, 0.15) is 12.1 Å². The number of hydrogen-bond donors (Lipinski definition) is 2. The summed E-state index contributed by atoms with van der Waals surface area (Å²) in [6, 6.07) is 7.17. The monoisotopic (exact) mass is 347 g/mol. The Morgan fingerprint density at radius 2 is 1.88 bits per heavy atom. The molecule has 2 N–H and O–H groups in total. The Hall–Kier alpha value is -3.36. The number of carbonyl (C=O) groups is 1. The van der Waals surface area contributed by atoms with Crippen LogP contribution >= 0.6 is 0 Å². The summed E-state index contributed by atoms with van der Waals surface area (Å²) in [6.45, 7) is 0. The highest BCUT2D eigenvalue weighted by Gasteiger charge is 2.33. The van der Waals surface area contributed by atoms with Crippen LogP contribution < -0.4 is 10.6 Å². The van der Waals surface area contributed by atoms with Gasteiger partial charge in [-0.1, -0.05) is 12.1 Å². The van der Waals surface area contributed by atoms with Gasteiger partial charge in [-0.15, -0.1) is 0 Å². The van der Waals surface area contributed by atoms with Crippen molar-refractivity contribution in [1.29, 1.82) is 0 Å². The highest BCUT2D eigenvalue weighted by molar-refractivity contribution is 6.00. The lowest BCUT2D eigenvalue weighted by molar-refractivity contribution is -0.136. The summed E-state index contributed by atoms with van der Waals surface area (Å²) in [6.07, 6.45) is 1.70. The number of rotatable bonds is 3. The predicted octanol–water partition coefficient (Wildman–Crippen LogP) is 3.93. The zero-order chi connectivity index (χ0) is 17.9. The smallest absolute Gasteiger partial charge is 0.307 e. The average molecular weight is 347 g/mol. The van der Waals surface area contributed by atoms with E-state index >= 15 is 0 Å². The van der Waals surface area contributed by atoms with Gasteiger partial charge in [0.15, 0.2) is 0 Å². The Kier molecular flexibility index (Phi) is 4.38. The molecule has 6 nitrogen and oxygen atoms in total. The molecule has 128 valence electrons. The van der Waals surface area contributed by atoms with Crippen LogP contribution in [0.2, 0.25) is 0 Å². The van der Waals surface area contributed by atoms with Gasteiger partial charge < -0.3 is 10.6 Å². The first-order valence-electron chi connectivity index (χ1n) is 7.12. The van der Waals surface area contributed by atoms with Crippen LogP contribution in [-0.4, -0.2) is 20.6 Å². The van der Waals surface area contributed by atoms with Crippen LogP contribution in [0.25, 0.3) is 5.82 Å². The van der Waals surface area contributed by atoms with Crippen LogP contribution in [0, 0.1) is 0 Å². The summed E-state index contributed by atoms with van der Waals surface area (Å²) in [5.74, 6) is 0.589. The lowest BCUT2D eigenvalue weighted by Crippen LogP contribution is -2.22. The number of pyridine rings is 1. The molecule has 25 heavy (non-hydrogen) atoms. The maximum atomic E-state index is 12.9. The first-order chi connectivity index (χ1) is 11.9. The first-order valence-corrected chi connectivity index (χ1v) is 7.12. The van der Waals surface area contributed by atoms with E-state index in [0.29, 0.717) is 11.5 Å². The topological polar surface area (TPSA) is 71.8 Å². The number of imidazole rings is 1. The minimum absolute atomic E-state index is 0.324. The second kappa shape index (κ2) is 6.63. The van der Waals surface area contributed by atoms with Gasteiger partial charge in [0.05, 0.1) is 23.1 Å². The zero-order valence-electron chi connectivity index (χ0n) is 12.7. The molecule has 0 fully saturated rings. The molecule has 0 spiro atoms. The van der Waals surface area contributed by atoms with Crippen molar-refractivity contribution in [2.75, 3.05) is 10.6 Å². The minimum atomic E-state index is -4.56. The summed E-state index contributed by atoms with van der Waals surface area (Å²) in [5, 5.41) is 4.63. The first kappa shape index (κ1) is 16.5. The molecule has 0 atom stereocenters. The van der Waals surface area contributed by atoms with E-state index < -0.39 is 17.8 Å². The van der Waals surface area contributed by atoms with Gasteiger partial charge >= 0.3 is 12.2 Å². The molecular formula is C16H12F3N5O. The molecule has 0 radical (unpaired) electrons. The third-order valence-corrected chi connectivity index (χ3v) is 3.26. The van der Waals surface area contributed by atoms with Gasteiger partial charge in [-0.3, -0.25) is 4.57 Å². The number of benzene rings is 1. The summed E-state index contributed by atoms with van der Waals surface area (Å²) < 4.78 is 40.4. The summed E-state index contributed by atoms with van der Waals surface area (Å²) in [4.78, 5) is 20.0. The predicted molar refractivity (Wildman–Crippen MR) is 85.4 cm³/mol. The van der Waals surface area contributed by atoms with E-state index in [-0.39, 0.29) is 5.69 Å². The summed E-state index contributed by atoms with van der Waals surface area (Å²) in [5.41, 5.74) is -0.903. The maximum Gasteiger partial charge on any atom is 0.418 e. The highest BCUT2D eigenvalue weighted by Crippen LogP contribution is 2.34. The fourth-order valence-corrected chi connectivity index (χ4v) is 2.13. The molecule has 0 saturated heterocycles. The lowest BCUT2D eigenvalue weighted by Gasteiger charge is -2.14. The maximum absolute atomic E-state index is 12.9. The molecule has 0 aliphatic heterocycles. The number of anilines is 2. The molecule has 0 aliphatic rings. The van der Waals surface area contributed by atoms with E-state index in [2.05, 4.69) is 20.6 Å². The third-order valence-electron chi connectivity index (χ3n) is 3.26. The van der Waals surface area contributed by atoms with Gasteiger partial charge in [-0.25, -0.2) is 14.8 Å². The number of carbonyl (C=O) groups excluding carboxylic acids is 1. The number of alkyl halides is 3. The Balaban J connectivity index is 1.69. The summed E-state index contributed by atoms with van der Waals surface area (Å²) >= 11 is 0. The van der Waals surface area contributed by atoms with Crippen molar-refractivity contribution in [1.82, 2.24) is 14.5 Å². The normalized spacial score (nSPS) is 11.2. The van der Waals surface area contributed by atoms with E-state index in [1.807, 2.05) is 0 Å². The van der Waals surface area contributed by atoms with E-state index in [9.17, 15) is 18.0 Å². The standard InChI is InChI=1S/C16H12F3N5O/c17-16(18,19)12-3-1-2-4-13(12)23-15(25)22-11-5-6-14(21-9-11)24-8-7-20-10-24/h1-10H,(H2,22,23,25). The van der Waals surface area contributed by atoms with E-state index in [1.165, 1.54) is 24.4 Å². The average Bonchev–Trinajstić information content (AvgIpc) is 3.09. The third kappa shape index (κ3) is 3.94. The number of urea groups is 1.